The first-order valence-electron chi connectivity index (χ1n) is 12.3. The third-order valence-corrected chi connectivity index (χ3v) is 8.15. The molecule has 0 N–H and O–H groups in total. The van der Waals surface area contributed by atoms with Crippen molar-refractivity contribution < 1.29 is 14.3 Å². The van der Waals surface area contributed by atoms with E-state index in [1.54, 1.807) is 6.20 Å². The molecular formula is C30H23N3O3S2. The molecule has 3 aromatic heterocycles. The Morgan fingerprint density at radius 1 is 0.947 bits per heavy atom. The van der Waals surface area contributed by atoms with Gasteiger partial charge in [0.15, 0.2) is 10.9 Å². The van der Waals surface area contributed by atoms with E-state index in [9.17, 15) is 4.79 Å². The van der Waals surface area contributed by atoms with Gasteiger partial charge in [0.05, 0.1) is 29.0 Å². The molecule has 188 valence electrons. The molecule has 0 unspecified atom stereocenters. The lowest BCUT2D eigenvalue weighted by Crippen LogP contribution is -2.08. The Kier molecular flexibility index (Phi) is 6.81. The molecule has 1 aliphatic rings. The molecule has 5 aromatic rings. The number of ether oxygens (including phenoxy) is 2. The minimum atomic E-state index is -0.311. The van der Waals surface area contributed by atoms with Crippen LogP contribution in [0.15, 0.2) is 90.2 Å². The summed E-state index contributed by atoms with van der Waals surface area (Å²) in [4.78, 5) is 23.8. The lowest BCUT2D eigenvalue weighted by Gasteiger charge is -2.14. The number of fused-ring (bicyclic) bond motifs is 3. The first-order valence-corrected chi connectivity index (χ1v) is 13.9. The highest BCUT2D eigenvalue weighted by Gasteiger charge is 2.31. The number of aliphatic imine (C=N–C) groups is 1. The van der Waals surface area contributed by atoms with Crippen molar-refractivity contribution in [2.75, 3.05) is 6.61 Å². The second kappa shape index (κ2) is 10.7. The SMILES string of the molecule is CCOC(=O)c1sc(Oc2ccc(N=C(c3ccccc3)c3ccccc3)nc2)c2c1CCc1cnsc1-2. The fourth-order valence-electron chi connectivity index (χ4n) is 4.46. The van der Waals surface area contributed by atoms with Crippen LogP contribution < -0.4 is 4.74 Å². The van der Waals surface area contributed by atoms with Gasteiger partial charge in [-0.05, 0) is 54.6 Å². The number of aromatic nitrogens is 2. The molecule has 8 heteroatoms. The second-order valence-corrected chi connectivity index (χ2v) is 10.4. The van der Waals surface area contributed by atoms with Gasteiger partial charge in [-0.1, -0.05) is 72.0 Å². The predicted octanol–water partition coefficient (Wildman–Crippen LogP) is 7.50. The molecule has 0 fully saturated rings. The molecule has 0 spiro atoms. The lowest BCUT2D eigenvalue weighted by atomic mass is 9.93. The van der Waals surface area contributed by atoms with E-state index in [0.29, 0.717) is 28.1 Å². The Hall–Kier alpha value is -4.14. The summed E-state index contributed by atoms with van der Waals surface area (Å²) >= 11 is 2.75. The zero-order valence-electron chi connectivity index (χ0n) is 20.6. The molecule has 0 aliphatic heterocycles. The number of hydrogen-bond acceptors (Lipinski definition) is 8. The molecule has 0 saturated heterocycles. The van der Waals surface area contributed by atoms with Gasteiger partial charge in [0.1, 0.15) is 10.6 Å². The number of pyridine rings is 1. The third-order valence-electron chi connectivity index (χ3n) is 6.20. The van der Waals surface area contributed by atoms with Crippen LogP contribution in [0.4, 0.5) is 5.82 Å². The Bertz CT molecular complexity index is 1570. The van der Waals surface area contributed by atoms with Crippen molar-refractivity contribution in [3.8, 4) is 21.3 Å². The summed E-state index contributed by atoms with van der Waals surface area (Å²) in [5.74, 6) is 0.833. The van der Waals surface area contributed by atoms with E-state index < -0.39 is 0 Å². The van der Waals surface area contributed by atoms with Crippen LogP contribution in [0.2, 0.25) is 0 Å². The van der Waals surface area contributed by atoms with Crippen LogP contribution in [0.1, 0.15) is 38.8 Å². The fraction of sp³-hybridized carbons (Fsp3) is 0.133. The van der Waals surface area contributed by atoms with E-state index in [2.05, 4.69) is 9.36 Å². The van der Waals surface area contributed by atoms with Crippen molar-refractivity contribution in [3.63, 3.8) is 0 Å². The van der Waals surface area contributed by atoms with Crippen molar-refractivity contribution in [1.29, 1.82) is 0 Å². The summed E-state index contributed by atoms with van der Waals surface area (Å²) in [5, 5.41) is 0.653. The quantitative estimate of drug-likeness (QED) is 0.159. The number of esters is 1. The molecule has 0 amide bonds. The average Bonchev–Trinajstić information content (AvgIpc) is 3.58. The van der Waals surface area contributed by atoms with Crippen molar-refractivity contribution in [2.45, 2.75) is 19.8 Å². The lowest BCUT2D eigenvalue weighted by molar-refractivity contribution is 0.0531. The van der Waals surface area contributed by atoms with Crippen molar-refractivity contribution in [3.05, 3.63) is 112 Å². The Balaban J connectivity index is 1.33. The summed E-state index contributed by atoms with van der Waals surface area (Å²) in [7, 11) is 0. The minimum absolute atomic E-state index is 0.311. The topological polar surface area (TPSA) is 73.7 Å². The number of carbonyl (C=O) groups is 1. The van der Waals surface area contributed by atoms with E-state index >= 15 is 0 Å². The largest absolute Gasteiger partial charge is 0.462 e. The van der Waals surface area contributed by atoms with Crippen LogP contribution in [0.3, 0.4) is 0 Å². The Morgan fingerprint density at radius 3 is 2.34 bits per heavy atom. The van der Waals surface area contributed by atoms with Gasteiger partial charge in [-0.15, -0.1) is 0 Å². The van der Waals surface area contributed by atoms with Gasteiger partial charge in [0.2, 0.25) is 0 Å². The van der Waals surface area contributed by atoms with Gasteiger partial charge < -0.3 is 9.47 Å². The third kappa shape index (κ3) is 4.76. The maximum absolute atomic E-state index is 12.7. The average molecular weight is 538 g/mol. The van der Waals surface area contributed by atoms with Crippen LogP contribution in [0.5, 0.6) is 10.8 Å². The molecule has 0 radical (unpaired) electrons. The number of nitrogens with zero attached hydrogens (tertiary/aromatic N) is 3. The Labute approximate surface area is 228 Å². The van der Waals surface area contributed by atoms with Gasteiger partial charge >= 0.3 is 5.97 Å². The van der Waals surface area contributed by atoms with Gasteiger partial charge in [0.25, 0.3) is 0 Å². The number of rotatable bonds is 7. The predicted molar refractivity (Wildman–Crippen MR) is 151 cm³/mol. The highest BCUT2D eigenvalue weighted by molar-refractivity contribution is 7.17. The van der Waals surface area contributed by atoms with Crippen LogP contribution >= 0.6 is 22.9 Å². The maximum atomic E-state index is 12.7. The molecule has 2 aromatic carbocycles. The molecule has 6 rings (SSSR count). The van der Waals surface area contributed by atoms with E-state index in [1.807, 2.05) is 85.9 Å². The zero-order valence-corrected chi connectivity index (χ0v) is 22.2. The molecular weight excluding hydrogens is 514 g/mol. The Morgan fingerprint density at radius 2 is 1.68 bits per heavy atom. The summed E-state index contributed by atoms with van der Waals surface area (Å²) < 4.78 is 16.0. The molecule has 0 saturated carbocycles. The highest BCUT2D eigenvalue weighted by Crippen LogP contribution is 2.50. The second-order valence-electron chi connectivity index (χ2n) is 8.62. The highest BCUT2D eigenvalue weighted by atomic mass is 32.1. The van der Waals surface area contributed by atoms with E-state index in [4.69, 9.17) is 14.5 Å². The summed E-state index contributed by atoms with van der Waals surface area (Å²) in [5.41, 5.74) is 5.97. The number of thiophene rings is 1. The normalized spacial score (nSPS) is 11.8. The molecule has 1 aliphatic carbocycles. The molecule has 0 atom stereocenters. The molecule has 3 heterocycles. The van der Waals surface area contributed by atoms with Gasteiger partial charge in [-0.25, -0.2) is 19.1 Å². The van der Waals surface area contributed by atoms with Crippen LogP contribution in [-0.2, 0) is 17.6 Å². The smallest absolute Gasteiger partial charge is 0.348 e. The summed E-state index contributed by atoms with van der Waals surface area (Å²) in [6.45, 7) is 2.14. The summed E-state index contributed by atoms with van der Waals surface area (Å²) in [6, 6.07) is 23.8. The van der Waals surface area contributed by atoms with E-state index in [1.165, 1.54) is 28.4 Å². The first kappa shape index (κ1) is 24.2. The first-order chi connectivity index (χ1) is 18.7. The van der Waals surface area contributed by atoms with Crippen LogP contribution in [0, 0.1) is 0 Å². The minimum Gasteiger partial charge on any atom is -0.462 e. The van der Waals surface area contributed by atoms with Gasteiger partial charge in [-0.3, -0.25) is 0 Å². The van der Waals surface area contributed by atoms with E-state index in [-0.39, 0.29) is 5.97 Å². The standard InChI is InChI=1S/C30H23N3O3S2/c1-2-35-29(34)28-23-15-13-21-17-32-38-27(21)25(23)30(37-28)36-22-14-16-24(31-18-22)33-26(19-9-5-3-6-10-19)20-11-7-4-8-12-20/h3-12,14,16-18H,2,13,15H2,1H3. The molecule has 6 nitrogen and oxygen atoms in total. The van der Waals surface area contributed by atoms with Crippen molar-refractivity contribution >= 4 is 40.4 Å². The fourth-order valence-corrected chi connectivity index (χ4v) is 6.51. The number of hydrogen-bond donors (Lipinski definition) is 0. The molecule has 0 bridgehead atoms. The van der Waals surface area contributed by atoms with Crippen molar-refractivity contribution in [1.82, 2.24) is 9.36 Å². The monoisotopic (exact) mass is 537 g/mol. The zero-order chi connectivity index (χ0) is 25.9. The molecule has 38 heavy (non-hydrogen) atoms. The maximum Gasteiger partial charge on any atom is 0.348 e. The number of aryl methyl sites for hydroxylation is 1. The van der Waals surface area contributed by atoms with Crippen LogP contribution in [-0.4, -0.2) is 27.6 Å². The van der Waals surface area contributed by atoms with Crippen molar-refractivity contribution in [2.24, 2.45) is 4.99 Å². The number of carbonyl (C=O) groups excluding carboxylic acids is 1. The number of benzene rings is 2. The van der Waals surface area contributed by atoms with Crippen LogP contribution in [0.25, 0.3) is 10.4 Å². The van der Waals surface area contributed by atoms with Gasteiger partial charge in [-0.2, -0.15) is 0 Å². The summed E-state index contributed by atoms with van der Waals surface area (Å²) in [6.07, 6.45) is 5.17. The van der Waals surface area contributed by atoms with E-state index in [0.717, 1.165) is 45.7 Å². The van der Waals surface area contributed by atoms with Gasteiger partial charge in [0, 0.05) is 17.3 Å².